The van der Waals surface area contributed by atoms with Crippen LogP contribution < -0.4 is 10.5 Å². The van der Waals surface area contributed by atoms with Crippen molar-refractivity contribution in [2.24, 2.45) is 0 Å². The molecular formula is C12H19FN2O3S. The molecular weight excluding hydrogens is 271 g/mol. The van der Waals surface area contributed by atoms with Gasteiger partial charge in [0.2, 0.25) is 10.0 Å². The Labute approximate surface area is 113 Å². The minimum Gasteiger partial charge on any atom is -0.398 e. The SMILES string of the molecule is COCC(C)(C)NS(=O)(=O)c1cc(N)c(C)c(F)c1. The van der Waals surface area contributed by atoms with Gasteiger partial charge in [0.1, 0.15) is 5.82 Å². The summed E-state index contributed by atoms with van der Waals surface area (Å²) < 4.78 is 45.2. The van der Waals surface area contributed by atoms with Gasteiger partial charge in [-0.15, -0.1) is 0 Å². The number of methoxy groups -OCH3 is 1. The highest BCUT2D eigenvalue weighted by atomic mass is 32.2. The topological polar surface area (TPSA) is 81.4 Å². The predicted molar refractivity (Wildman–Crippen MR) is 71.8 cm³/mol. The van der Waals surface area contributed by atoms with Crippen LogP contribution in [0.1, 0.15) is 19.4 Å². The van der Waals surface area contributed by atoms with E-state index < -0.39 is 21.4 Å². The van der Waals surface area contributed by atoms with Crippen molar-refractivity contribution in [3.63, 3.8) is 0 Å². The molecule has 108 valence electrons. The van der Waals surface area contributed by atoms with Crippen LogP contribution in [0.4, 0.5) is 10.1 Å². The maximum Gasteiger partial charge on any atom is 0.241 e. The average molecular weight is 290 g/mol. The average Bonchev–Trinajstić information content (AvgIpc) is 2.23. The van der Waals surface area contributed by atoms with Crippen molar-refractivity contribution >= 4 is 15.7 Å². The molecule has 0 fully saturated rings. The molecule has 1 aromatic rings. The Bertz CT molecular complexity index is 547. The Morgan fingerprint density at radius 3 is 2.47 bits per heavy atom. The zero-order valence-corrected chi connectivity index (χ0v) is 12.3. The van der Waals surface area contributed by atoms with Crippen molar-refractivity contribution in [1.82, 2.24) is 4.72 Å². The van der Waals surface area contributed by atoms with Crippen LogP contribution in [0.3, 0.4) is 0 Å². The molecule has 0 saturated carbocycles. The Morgan fingerprint density at radius 2 is 2.00 bits per heavy atom. The molecule has 0 heterocycles. The largest absolute Gasteiger partial charge is 0.398 e. The van der Waals surface area contributed by atoms with Crippen molar-refractivity contribution in [2.75, 3.05) is 19.5 Å². The smallest absolute Gasteiger partial charge is 0.241 e. The first-order valence-electron chi connectivity index (χ1n) is 5.67. The zero-order valence-electron chi connectivity index (χ0n) is 11.5. The number of sulfonamides is 1. The Hall–Kier alpha value is -1.18. The lowest BCUT2D eigenvalue weighted by Gasteiger charge is -2.25. The summed E-state index contributed by atoms with van der Waals surface area (Å²) in [6.07, 6.45) is 0. The van der Waals surface area contributed by atoms with Crippen molar-refractivity contribution in [3.8, 4) is 0 Å². The minimum atomic E-state index is -3.85. The molecule has 1 aromatic carbocycles. The zero-order chi connectivity index (χ0) is 14.8. The van der Waals surface area contributed by atoms with E-state index in [0.717, 1.165) is 6.07 Å². The number of rotatable bonds is 5. The summed E-state index contributed by atoms with van der Waals surface area (Å²) in [5.74, 6) is -0.648. The summed E-state index contributed by atoms with van der Waals surface area (Å²) in [6, 6.07) is 2.19. The molecule has 0 radical (unpaired) electrons. The van der Waals surface area contributed by atoms with Gasteiger partial charge in [-0.3, -0.25) is 0 Å². The number of halogens is 1. The van der Waals surface area contributed by atoms with Crippen molar-refractivity contribution in [3.05, 3.63) is 23.5 Å². The van der Waals surface area contributed by atoms with Gasteiger partial charge in [0.25, 0.3) is 0 Å². The lowest BCUT2D eigenvalue weighted by Crippen LogP contribution is -2.46. The van der Waals surface area contributed by atoms with Gasteiger partial charge in [-0.1, -0.05) is 0 Å². The quantitative estimate of drug-likeness (QED) is 0.804. The molecule has 5 nitrogen and oxygen atoms in total. The highest BCUT2D eigenvalue weighted by Crippen LogP contribution is 2.22. The van der Waals surface area contributed by atoms with Gasteiger partial charge in [0.05, 0.1) is 17.0 Å². The fourth-order valence-electron chi connectivity index (χ4n) is 1.64. The summed E-state index contributed by atoms with van der Waals surface area (Å²) in [4.78, 5) is -0.197. The van der Waals surface area contributed by atoms with E-state index in [1.807, 2.05) is 0 Å². The van der Waals surface area contributed by atoms with E-state index in [1.165, 1.54) is 20.1 Å². The Morgan fingerprint density at radius 1 is 1.42 bits per heavy atom. The number of anilines is 1. The van der Waals surface area contributed by atoms with Gasteiger partial charge in [0.15, 0.2) is 0 Å². The second kappa shape index (κ2) is 5.44. The van der Waals surface area contributed by atoms with Crippen LogP contribution in [-0.4, -0.2) is 27.7 Å². The summed E-state index contributed by atoms with van der Waals surface area (Å²) in [5.41, 5.74) is 5.12. The monoisotopic (exact) mass is 290 g/mol. The highest BCUT2D eigenvalue weighted by Gasteiger charge is 2.27. The van der Waals surface area contributed by atoms with E-state index in [9.17, 15) is 12.8 Å². The molecule has 0 saturated heterocycles. The van der Waals surface area contributed by atoms with Gasteiger partial charge in [0, 0.05) is 18.4 Å². The van der Waals surface area contributed by atoms with Crippen LogP contribution >= 0.6 is 0 Å². The van der Waals surface area contributed by atoms with E-state index in [1.54, 1.807) is 13.8 Å². The molecule has 0 aromatic heterocycles. The molecule has 0 atom stereocenters. The molecule has 0 spiro atoms. The lowest BCUT2D eigenvalue weighted by atomic mass is 10.1. The molecule has 0 aliphatic carbocycles. The highest BCUT2D eigenvalue weighted by molar-refractivity contribution is 7.89. The van der Waals surface area contributed by atoms with Crippen LogP contribution in [0.5, 0.6) is 0 Å². The second-order valence-electron chi connectivity index (χ2n) is 5.04. The van der Waals surface area contributed by atoms with Crippen LogP contribution in [-0.2, 0) is 14.8 Å². The number of nitrogens with one attached hydrogen (secondary N) is 1. The number of hydrogen-bond acceptors (Lipinski definition) is 4. The summed E-state index contributed by atoms with van der Waals surface area (Å²) in [5, 5.41) is 0. The van der Waals surface area contributed by atoms with Gasteiger partial charge >= 0.3 is 0 Å². The van der Waals surface area contributed by atoms with E-state index in [2.05, 4.69) is 4.72 Å². The number of benzene rings is 1. The third-order valence-electron chi connectivity index (χ3n) is 2.58. The van der Waals surface area contributed by atoms with Crippen molar-refractivity contribution in [2.45, 2.75) is 31.2 Å². The number of nitrogens with two attached hydrogens (primary N) is 1. The Balaban J connectivity index is 3.15. The minimum absolute atomic E-state index is 0.102. The third kappa shape index (κ3) is 3.89. The summed E-state index contributed by atoms with van der Waals surface area (Å²) in [7, 11) is -2.38. The second-order valence-corrected chi connectivity index (χ2v) is 6.72. The fourth-order valence-corrected chi connectivity index (χ4v) is 3.09. The first-order chi connectivity index (χ1) is 8.59. The summed E-state index contributed by atoms with van der Waals surface area (Å²) >= 11 is 0. The van der Waals surface area contributed by atoms with E-state index >= 15 is 0 Å². The van der Waals surface area contributed by atoms with Crippen LogP contribution in [0.15, 0.2) is 17.0 Å². The maximum absolute atomic E-state index is 13.6. The van der Waals surface area contributed by atoms with Crippen LogP contribution in [0.2, 0.25) is 0 Å². The van der Waals surface area contributed by atoms with Gasteiger partial charge in [-0.05, 0) is 32.9 Å². The standard InChI is InChI=1S/C12H19FN2O3S/c1-8-10(13)5-9(6-11(8)14)19(16,17)15-12(2,3)7-18-4/h5-6,15H,7,14H2,1-4H3. The molecule has 0 amide bonds. The molecule has 0 unspecified atom stereocenters. The fraction of sp³-hybridized carbons (Fsp3) is 0.500. The predicted octanol–water partition coefficient (Wildman–Crippen LogP) is 1.42. The first kappa shape index (κ1) is 15.9. The van der Waals surface area contributed by atoms with Crippen LogP contribution in [0, 0.1) is 12.7 Å². The normalized spacial score (nSPS) is 12.7. The Kier molecular flexibility index (Phi) is 4.54. The number of hydrogen-bond donors (Lipinski definition) is 2. The molecule has 0 bridgehead atoms. The lowest BCUT2D eigenvalue weighted by molar-refractivity contribution is 0.141. The molecule has 1 rings (SSSR count). The van der Waals surface area contributed by atoms with E-state index in [4.69, 9.17) is 10.5 Å². The number of ether oxygens (including phenoxy) is 1. The molecule has 3 N–H and O–H groups in total. The van der Waals surface area contributed by atoms with E-state index in [-0.39, 0.29) is 22.8 Å². The molecule has 19 heavy (non-hydrogen) atoms. The summed E-state index contributed by atoms with van der Waals surface area (Å²) in [6.45, 7) is 5.02. The van der Waals surface area contributed by atoms with Gasteiger partial charge < -0.3 is 10.5 Å². The first-order valence-corrected chi connectivity index (χ1v) is 7.16. The van der Waals surface area contributed by atoms with Gasteiger partial charge in [-0.25, -0.2) is 17.5 Å². The molecule has 7 heteroatoms. The maximum atomic E-state index is 13.6. The van der Waals surface area contributed by atoms with Gasteiger partial charge in [-0.2, -0.15) is 0 Å². The van der Waals surface area contributed by atoms with E-state index in [0.29, 0.717) is 0 Å². The third-order valence-corrected chi connectivity index (χ3v) is 4.26. The molecule has 0 aliphatic heterocycles. The number of nitrogen functional groups attached to an aromatic ring is 1. The molecule has 0 aliphatic rings. The van der Waals surface area contributed by atoms with Crippen molar-refractivity contribution < 1.29 is 17.5 Å². The van der Waals surface area contributed by atoms with Crippen LogP contribution in [0.25, 0.3) is 0 Å². The van der Waals surface area contributed by atoms with Crippen molar-refractivity contribution in [1.29, 1.82) is 0 Å².